The topological polar surface area (TPSA) is 90.9 Å². The van der Waals surface area contributed by atoms with Gasteiger partial charge in [0.25, 0.3) is 5.56 Å². The Morgan fingerprint density at radius 3 is 2.88 bits per heavy atom. The molecule has 0 bridgehead atoms. The minimum Gasteiger partial charge on any atom is -0.389 e. The van der Waals surface area contributed by atoms with E-state index in [4.69, 9.17) is 14.5 Å². The van der Waals surface area contributed by atoms with Crippen molar-refractivity contribution in [3.63, 3.8) is 0 Å². The van der Waals surface area contributed by atoms with Crippen molar-refractivity contribution in [1.29, 1.82) is 0 Å². The molecular formula is C25H40N4O4S. The number of hydrogen-bond acceptors (Lipinski definition) is 8. The summed E-state index contributed by atoms with van der Waals surface area (Å²) in [5.74, 6) is 1.76. The molecule has 2 atom stereocenters. The number of aliphatic hydroxyl groups is 1. The van der Waals surface area contributed by atoms with Crippen molar-refractivity contribution in [3.05, 3.63) is 26.6 Å². The van der Waals surface area contributed by atoms with Crippen molar-refractivity contribution in [2.75, 3.05) is 59.2 Å². The number of H-pyrrole nitrogens is 1. The molecule has 8 nitrogen and oxygen atoms in total. The number of fused-ring (bicyclic) bond motifs is 3. The molecule has 1 saturated heterocycles. The van der Waals surface area contributed by atoms with E-state index >= 15 is 0 Å². The monoisotopic (exact) mass is 492 g/mol. The summed E-state index contributed by atoms with van der Waals surface area (Å²) in [6.07, 6.45) is 2.55. The Balaban J connectivity index is 1.46. The molecule has 2 aliphatic rings. The van der Waals surface area contributed by atoms with Gasteiger partial charge in [-0.3, -0.25) is 14.6 Å². The van der Waals surface area contributed by atoms with Gasteiger partial charge in [0.2, 0.25) is 0 Å². The molecule has 0 saturated carbocycles. The molecule has 1 fully saturated rings. The Morgan fingerprint density at radius 2 is 2.12 bits per heavy atom. The summed E-state index contributed by atoms with van der Waals surface area (Å²) >= 11 is 1.68. The van der Waals surface area contributed by atoms with Crippen LogP contribution in [0.1, 0.15) is 43.5 Å². The van der Waals surface area contributed by atoms with E-state index in [-0.39, 0.29) is 5.56 Å². The average molecular weight is 493 g/mol. The second kappa shape index (κ2) is 12.1. The highest BCUT2D eigenvalue weighted by Gasteiger charge is 2.24. The highest BCUT2D eigenvalue weighted by atomic mass is 32.1. The lowest BCUT2D eigenvalue weighted by Gasteiger charge is -2.30. The van der Waals surface area contributed by atoms with Gasteiger partial charge < -0.3 is 19.6 Å². The van der Waals surface area contributed by atoms with Gasteiger partial charge in [-0.1, -0.05) is 20.8 Å². The highest BCUT2D eigenvalue weighted by molar-refractivity contribution is 7.18. The van der Waals surface area contributed by atoms with Gasteiger partial charge in [-0.05, 0) is 36.7 Å². The maximum atomic E-state index is 13.0. The molecule has 0 unspecified atom stereocenters. The number of rotatable bonds is 11. The zero-order chi connectivity index (χ0) is 24.1. The van der Waals surface area contributed by atoms with Gasteiger partial charge in [-0.2, -0.15) is 0 Å². The standard InChI is InChI=1S/C25H40N4O4S/c1-17(2)15-33-16-19(30)13-29(7-6-28-8-10-32-11-9-28)14-22-26-24(31)23-20-5-4-18(3)12-21(20)34-25(23)27-22/h17-19,30H,4-16H2,1-3H3,(H,26,27,31)/t18-,19+/m1/s1. The largest absolute Gasteiger partial charge is 0.389 e. The minimum atomic E-state index is -0.588. The van der Waals surface area contributed by atoms with Crippen molar-refractivity contribution < 1.29 is 14.6 Å². The second-order valence-corrected chi connectivity index (χ2v) is 11.4. The van der Waals surface area contributed by atoms with Crippen LogP contribution in [-0.2, 0) is 28.9 Å². The fourth-order valence-corrected chi connectivity index (χ4v) is 6.22. The van der Waals surface area contributed by atoms with Crippen LogP contribution in [0.3, 0.4) is 0 Å². The summed E-state index contributed by atoms with van der Waals surface area (Å²) in [6, 6.07) is 0. The molecule has 1 aliphatic carbocycles. The van der Waals surface area contributed by atoms with Gasteiger partial charge in [0.05, 0.1) is 37.9 Å². The molecule has 190 valence electrons. The third-order valence-corrected chi connectivity index (χ3v) is 7.80. The molecule has 3 heterocycles. The van der Waals surface area contributed by atoms with Crippen molar-refractivity contribution in [2.24, 2.45) is 11.8 Å². The van der Waals surface area contributed by atoms with Gasteiger partial charge in [-0.15, -0.1) is 11.3 Å². The Labute approximate surface area is 206 Å². The summed E-state index contributed by atoms with van der Waals surface area (Å²) in [7, 11) is 0. The first-order valence-corrected chi connectivity index (χ1v) is 13.5. The van der Waals surface area contributed by atoms with E-state index < -0.39 is 6.10 Å². The van der Waals surface area contributed by atoms with E-state index in [1.807, 2.05) is 0 Å². The summed E-state index contributed by atoms with van der Waals surface area (Å²) < 4.78 is 11.1. The number of aryl methyl sites for hydroxylation is 1. The van der Waals surface area contributed by atoms with Crippen LogP contribution in [0.4, 0.5) is 0 Å². The fourth-order valence-electron chi connectivity index (χ4n) is 4.81. The van der Waals surface area contributed by atoms with Gasteiger partial charge in [-0.25, -0.2) is 4.98 Å². The first-order chi connectivity index (χ1) is 16.4. The van der Waals surface area contributed by atoms with E-state index in [0.29, 0.717) is 44.0 Å². The molecule has 34 heavy (non-hydrogen) atoms. The Hall–Kier alpha value is -1.36. The number of thiophene rings is 1. The molecule has 2 aromatic rings. The lowest BCUT2D eigenvalue weighted by atomic mass is 9.89. The van der Waals surface area contributed by atoms with Crippen molar-refractivity contribution >= 4 is 21.6 Å². The fraction of sp³-hybridized carbons (Fsp3) is 0.760. The number of aromatic amines is 1. The van der Waals surface area contributed by atoms with E-state index in [1.54, 1.807) is 11.3 Å². The van der Waals surface area contributed by atoms with Crippen LogP contribution in [0.15, 0.2) is 4.79 Å². The number of nitrogens with one attached hydrogen (secondary N) is 1. The van der Waals surface area contributed by atoms with E-state index in [2.05, 4.69) is 35.6 Å². The SMILES string of the molecule is CC(C)COC[C@@H](O)CN(CCN1CCOCC1)Cc1nc2sc3c(c2c(=O)[nH]1)CC[C@@H](C)C3. The number of ether oxygens (including phenoxy) is 2. The molecule has 0 aromatic carbocycles. The molecule has 0 spiro atoms. The van der Waals surface area contributed by atoms with Crippen LogP contribution >= 0.6 is 11.3 Å². The average Bonchev–Trinajstić information content (AvgIpc) is 3.15. The zero-order valence-electron chi connectivity index (χ0n) is 20.8. The molecule has 0 amide bonds. The van der Waals surface area contributed by atoms with Gasteiger partial charge in [0, 0.05) is 44.2 Å². The third-order valence-electron chi connectivity index (χ3n) is 6.65. The van der Waals surface area contributed by atoms with Crippen LogP contribution in [-0.4, -0.2) is 90.1 Å². The lowest BCUT2D eigenvalue weighted by molar-refractivity contribution is 0.000565. The molecule has 4 rings (SSSR count). The highest BCUT2D eigenvalue weighted by Crippen LogP contribution is 2.35. The minimum absolute atomic E-state index is 0.0269. The first-order valence-electron chi connectivity index (χ1n) is 12.7. The molecule has 1 aliphatic heterocycles. The Morgan fingerprint density at radius 1 is 1.32 bits per heavy atom. The van der Waals surface area contributed by atoms with Crippen LogP contribution in [0, 0.1) is 11.8 Å². The summed E-state index contributed by atoms with van der Waals surface area (Å²) in [5.41, 5.74) is 1.18. The van der Waals surface area contributed by atoms with Crippen molar-refractivity contribution in [1.82, 2.24) is 19.8 Å². The maximum Gasteiger partial charge on any atom is 0.259 e. The van der Waals surface area contributed by atoms with Gasteiger partial charge in [0.1, 0.15) is 10.7 Å². The number of morpholine rings is 1. The van der Waals surface area contributed by atoms with Crippen molar-refractivity contribution in [2.45, 2.75) is 52.7 Å². The van der Waals surface area contributed by atoms with Gasteiger partial charge >= 0.3 is 0 Å². The van der Waals surface area contributed by atoms with Crippen LogP contribution in [0.25, 0.3) is 10.2 Å². The number of nitrogens with zero attached hydrogens (tertiary/aromatic N) is 3. The Kier molecular flexibility index (Phi) is 9.12. The number of aromatic nitrogens is 2. The molecule has 2 N–H and O–H groups in total. The molecular weight excluding hydrogens is 452 g/mol. The Bertz CT molecular complexity index is 985. The van der Waals surface area contributed by atoms with E-state index in [1.165, 1.54) is 10.4 Å². The summed E-state index contributed by atoms with van der Waals surface area (Å²) in [5, 5.41) is 11.4. The smallest absolute Gasteiger partial charge is 0.259 e. The van der Waals surface area contributed by atoms with Crippen molar-refractivity contribution in [3.8, 4) is 0 Å². The normalized spacial score (nSPS) is 20.4. The van der Waals surface area contributed by atoms with Crippen LogP contribution in [0.5, 0.6) is 0 Å². The second-order valence-electron chi connectivity index (χ2n) is 10.3. The number of hydrogen-bond donors (Lipinski definition) is 2. The molecule has 9 heteroatoms. The van der Waals surface area contributed by atoms with Crippen LogP contribution < -0.4 is 5.56 Å². The van der Waals surface area contributed by atoms with Crippen LogP contribution in [0.2, 0.25) is 0 Å². The quantitative estimate of drug-likeness (QED) is 0.497. The molecule has 0 radical (unpaired) electrons. The summed E-state index contributed by atoms with van der Waals surface area (Å²) in [6.45, 7) is 13.4. The number of aliphatic hydroxyl groups excluding tert-OH is 1. The van der Waals surface area contributed by atoms with Gasteiger partial charge in [0.15, 0.2) is 0 Å². The predicted molar refractivity (Wildman–Crippen MR) is 136 cm³/mol. The summed E-state index contributed by atoms with van der Waals surface area (Å²) in [4.78, 5) is 27.7. The predicted octanol–water partition coefficient (Wildman–Crippen LogP) is 2.28. The third kappa shape index (κ3) is 6.86. The molecule has 2 aromatic heterocycles. The maximum absolute atomic E-state index is 13.0. The zero-order valence-corrected chi connectivity index (χ0v) is 21.7. The lowest BCUT2D eigenvalue weighted by Crippen LogP contribution is -2.43. The first kappa shape index (κ1) is 25.7. The van der Waals surface area contributed by atoms with E-state index in [0.717, 1.165) is 68.9 Å². The van der Waals surface area contributed by atoms with E-state index in [9.17, 15) is 9.90 Å².